The number of ether oxygens (including phenoxy) is 1. The number of nitrogens with zero attached hydrogens (tertiary/aromatic N) is 2. The summed E-state index contributed by atoms with van der Waals surface area (Å²) in [6, 6.07) is 11.8. The lowest BCUT2D eigenvalue weighted by Crippen LogP contribution is -2.40. The summed E-state index contributed by atoms with van der Waals surface area (Å²) in [4.78, 5) is 21.7. The third-order valence-corrected chi connectivity index (χ3v) is 4.20. The number of nitrogens with one attached hydrogen (secondary N) is 1. The Labute approximate surface area is 133 Å². The van der Waals surface area contributed by atoms with E-state index in [4.69, 9.17) is 4.74 Å². The minimum Gasteiger partial charge on any atom is -0.378 e. The minimum absolute atomic E-state index is 0.0707. The van der Waals surface area contributed by atoms with Crippen LogP contribution in [0, 0.1) is 0 Å². The van der Waals surface area contributed by atoms with E-state index in [9.17, 15) is 4.79 Å². The molecule has 4 rings (SSSR count). The van der Waals surface area contributed by atoms with Crippen molar-refractivity contribution in [3.8, 4) is 11.1 Å². The molecule has 0 radical (unpaired) electrons. The van der Waals surface area contributed by atoms with Gasteiger partial charge in [-0.25, -0.2) is 4.98 Å². The molecule has 1 fully saturated rings. The smallest absolute Gasteiger partial charge is 0.254 e. The number of carbonyl (C=O) groups excluding carboxylic acids is 1. The molecule has 0 spiro atoms. The quantitative estimate of drug-likeness (QED) is 0.792. The first-order valence-electron chi connectivity index (χ1n) is 7.72. The Kier molecular flexibility index (Phi) is 3.55. The number of morpholine rings is 1. The molecule has 5 nitrogen and oxygen atoms in total. The maximum atomic E-state index is 12.5. The van der Waals surface area contributed by atoms with Crippen molar-refractivity contribution in [3.05, 3.63) is 54.4 Å². The molecule has 1 saturated heterocycles. The van der Waals surface area contributed by atoms with Crippen molar-refractivity contribution in [1.82, 2.24) is 14.9 Å². The zero-order chi connectivity index (χ0) is 15.6. The van der Waals surface area contributed by atoms with E-state index in [0.717, 1.165) is 27.7 Å². The first-order chi connectivity index (χ1) is 11.3. The first-order valence-corrected chi connectivity index (χ1v) is 7.72. The molecule has 0 bridgehead atoms. The van der Waals surface area contributed by atoms with Crippen LogP contribution in [0.1, 0.15) is 10.4 Å². The van der Waals surface area contributed by atoms with Crippen molar-refractivity contribution in [1.29, 1.82) is 0 Å². The molecule has 1 N–H and O–H groups in total. The Morgan fingerprint density at radius 3 is 2.65 bits per heavy atom. The van der Waals surface area contributed by atoms with Gasteiger partial charge < -0.3 is 14.6 Å². The molecule has 1 aromatic carbocycles. The van der Waals surface area contributed by atoms with Gasteiger partial charge in [-0.1, -0.05) is 12.1 Å². The second-order valence-corrected chi connectivity index (χ2v) is 5.58. The maximum Gasteiger partial charge on any atom is 0.254 e. The van der Waals surface area contributed by atoms with Gasteiger partial charge in [0.25, 0.3) is 5.91 Å². The first kappa shape index (κ1) is 14.0. The van der Waals surface area contributed by atoms with Gasteiger partial charge in [0.05, 0.1) is 13.2 Å². The molecule has 0 aliphatic carbocycles. The fourth-order valence-electron chi connectivity index (χ4n) is 2.95. The van der Waals surface area contributed by atoms with Gasteiger partial charge in [0.15, 0.2) is 0 Å². The zero-order valence-corrected chi connectivity index (χ0v) is 12.7. The molecule has 5 heteroatoms. The molecule has 116 valence electrons. The van der Waals surface area contributed by atoms with Crippen LogP contribution >= 0.6 is 0 Å². The van der Waals surface area contributed by atoms with E-state index in [1.165, 1.54) is 0 Å². The molecule has 1 aliphatic rings. The Hall–Kier alpha value is -2.66. The molecule has 2 aromatic heterocycles. The summed E-state index contributed by atoms with van der Waals surface area (Å²) < 4.78 is 5.29. The number of pyridine rings is 1. The van der Waals surface area contributed by atoms with Gasteiger partial charge in [0, 0.05) is 36.4 Å². The van der Waals surface area contributed by atoms with Crippen LogP contribution in [-0.4, -0.2) is 47.1 Å². The van der Waals surface area contributed by atoms with E-state index in [-0.39, 0.29) is 5.91 Å². The fraction of sp³-hybridized carbons (Fsp3) is 0.222. The molecule has 0 atom stereocenters. The van der Waals surface area contributed by atoms with E-state index in [1.54, 1.807) is 6.20 Å². The standard InChI is InChI=1S/C18H17N3O2/c22-18(21-9-11-23-12-10-21)14-3-1-13(2-4-14)15-5-7-19-17-16(15)6-8-20-17/h1-8H,9-12H2,(H,19,20). The van der Waals surface area contributed by atoms with Gasteiger partial charge >= 0.3 is 0 Å². The number of hydrogen-bond donors (Lipinski definition) is 1. The third-order valence-electron chi connectivity index (χ3n) is 4.20. The Bertz CT molecular complexity index is 833. The highest BCUT2D eigenvalue weighted by Gasteiger charge is 2.18. The predicted octanol–water partition coefficient (Wildman–Crippen LogP) is 2.70. The number of aromatic amines is 1. The van der Waals surface area contributed by atoms with Crippen LogP contribution < -0.4 is 0 Å². The van der Waals surface area contributed by atoms with E-state index in [1.807, 2.05) is 47.5 Å². The summed E-state index contributed by atoms with van der Waals surface area (Å²) in [6.45, 7) is 2.56. The molecule has 0 unspecified atom stereocenters. The fourth-order valence-corrected chi connectivity index (χ4v) is 2.95. The van der Waals surface area contributed by atoms with Crippen LogP contribution in [0.5, 0.6) is 0 Å². The molecule has 3 heterocycles. The molecule has 1 aliphatic heterocycles. The molecule has 23 heavy (non-hydrogen) atoms. The van der Waals surface area contributed by atoms with Crippen molar-refractivity contribution in [2.45, 2.75) is 0 Å². The number of carbonyl (C=O) groups is 1. The number of rotatable bonds is 2. The van der Waals surface area contributed by atoms with Gasteiger partial charge in [0.1, 0.15) is 5.65 Å². The Morgan fingerprint density at radius 2 is 1.87 bits per heavy atom. The molecular weight excluding hydrogens is 290 g/mol. The van der Waals surface area contributed by atoms with Crippen LogP contribution in [0.3, 0.4) is 0 Å². The third kappa shape index (κ3) is 2.59. The largest absolute Gasteiger partial charge is 0.378 e. The summed E-state index contributed by atoms with van der Waals surface area (Å²) in [6.07, 6.45) is 3.68. The van der Waals surface area contributed by atoms with Crippen molar-refractivity contribution in [3.63, 3.8) is 0 Å². The van der Waals surface area contributed by atoms with Crippen LogP contribution in [-0.2, 0) is 4.74 Å². The van der Waals surface area contributed by atoms with E-state index in [0.29, 0.717) is 26.3 Å². The van der Waals surface area contributed by atoms with Crippen molar-refractivity contribution >= 4 is 16.9 Å². The van der Waals surface area contributed by atoms with Crippen molar-refractivity contribution in [2.75, 3.05) is 26.3 Å². The second kappa shape index (κ2) is 5.85. The minimum atomic E-state index is 0.0707. The van der Waals surface area contributed by atoms with Crippen molar-refractivity contribution in [2.24, 2.45) is 0 Å². The number of benzene rings is 1. The normalized spacial score (nSPS) is 15.0. The lowest BCUT2D eigenvalue weighted by atomic mass is 10.0. The van der Waals surface area contributed by atoms with Crippen LogP contribution in [0.4, 0.5) is 0 Å². The highest BCUT2D eigenvalue weighted by Crippen LogP contribution is 2.27. The molecule has 1 amide bonds. The van der Waals surface area contributed by atoms with Gasteiger partial charge in [-0.3, -0.25) is 4.79 Å². The zero-order valence-electron chi connectivity index (χ0n) is 12.7. The Morgan fingerprint density at radius 1 is 1.09 bits per heavy atom. The predicted molar refractivity (Wildman–Crippen MR) is 88.3 cm³/mol. The van der Waals surface area contributed by atoms with Crippen LogP contribution in [0.2, 0.25) is 0 Å². The maximum absolute atomic E-state index is 12.5. The van der Waals surface area contributed by atoms with E-state index >= 15 is 0 Å². The van der Waals surface area contributed by atoms with E-state index < -0.39 is 0 Å². The van der Waals surface area contributed by atoms with Crippen LogP contribution in [0.25, 0.3) is 22.2 Å². The monoisotopic (exact) mass is 307 g/mol. The summed E-state index contributed by atoms with van der Waals surface area (Å²) in [7, 11) is 0. The summed E-state index contributed by atoms with van der Waals surface area (Å²) >= 11 is 0. The summed E-state index contributed by atoms with van der Waals surface area (Å²) in [5, 5.41) is 1.08. The lowest BCUT2D eigenvalue weighted by Gasteiger charge is -2.26. The topological polar surface area (TPSA) is 58.2 Å². The molecule has 0 saturated carbocycles. The highest BCUT2D eigenvalue weighted by atomic mass is 16.5. The molecular formula is C18H17N3O2. The number of H-pyrrole nitrogens is 1. The highest BCUT2D eigenvalue weighted by molar-refractivity contribution is 5.96. The van der Waals surface area contributed by atoms with Gasteiger partial charge in [-0.15, -0.1) is 0 Å². The summed E-state index contributed by atoms with van der Waals surface area (Å²) in [5.41, 5.74) is 3.78. The number of aromatic nitrogens is 2. The van der Waals surface area contributed by atoms with Gasteiger partial charge in [-0.2, -0.15) is 0 Å². The Balaban J connectivity index is 1.63. The number of amides is 1. The van der Waals surface area contributed by atoms with Gasteiger partial charge in [-0.05, 0) is 35.4 Å². The average molecular weight is 307 g/mol. The molecule has 3 aromatic rings. The number of fused-ring (bicyclic) bond motifs is 1. The van der Waals surface area contributed by atoms with Crippen LogP contribution in [0.15, 0.2) is 48.8 Å². The second-order valence-electron chi connectivity index (χ2n) is 5.58. The lowest BCUT2D eigenvalue weighted by molar-refractivity contribution is 0.0303. The van der Waals surface area contributed by atoms with Crippen molar-refractivity contribution < 1.29 is 9.53 Å². The average Bonchev–Trinajstić information content (AvgIpc) is 3.11. The number of hydrogen-bond acceptors (Lipinski definition) is 3. The summed E-state index contributed by atoms with van der Waals surface area (Å²) in [5.74, 6) is 0.0707. The van der Waals surface area contributed by atoms with Gasteiger partial charge in [0.2, 0.25) is 0 Å². The van der Waals surface area contributed by atoms with E-state index in [2.05, 4.69) is 9.97 Å². The SMILES string of the molecule is O=C(c1ccc(-c2ccnc3[nH]ccc23)cc1)N1CCOCC1.